The molecule has 2 N–H and O–H groups in total. The largest absolute Gasteiger partial charge is 0.478 e. The fraction of sp³-hybridized carbons (Fsp3) is 0.0909. The zero-order valence-corrected chi connectivity index (χ0v) is 10.8. The highest BCUT2D eigenvalue weighted by Gasteiger charge is 2.13. The Bertz CT molecular complexity index is 774. The van der Waals surface area contributed by atoms with Crippen molar-refractivity contribution in [1.29, 1.82) is 0 Å². The number of aromatic amines is 1. The van der Waals surface area contributed by atoms with E-state index < -0.39 is 5.97 Å². The number of H-pyrrole nitrogens is 1. The monoisotopic (exact) mass is 288 g/mol. The van der Waals surface area contributed by atoms with Gasteiger partial charge in [0, 0.05) is 11.9 Å². The van der Waals surface area contributed by atoms with Crippen molar-refractivity contribution in [3.63, 3.8) is 0 Å². The molecule has 0 aromatic carbocycles. The number of rotatable bonds is 4. The highest BCUT2D eigenvalue weighted by atomic mass is 32.2. The van der Waals surface area contributed by atoms with Crippen LogP contribution < -0.4 is 0 Å². The topological polar surface area (TPSA) is 118 Å². The van der Waals surface area contributed by atoms with Crippen LogP contribution in [0.2, 0.25) is 0 Å². The summed E-state index contributed by atoms with van der Waals surface area (Å²) in [4.78, 5) is 34.0. The third kappa shape index (κ3) is 2.30. The first-order valence-electron chi connectivity index (χ1n) is 5.55. The zero-order valence-electron chi connectivity index (χ0n) is 10.0. The van der Waals surface area contributed by atoms with E-state index in [0.29, 0.717) is 22.1 Å². The van der Waals surface area contributed by atoms with Crippen molar-refractivity contribution in [2.45, 2.75) is 10.8 Å². The second-order valence-corrected chi connectivity index (χ2v) is 4.72. The highest BCUT2D eigenvalue weighted by molar-refractivity contribution is 7.98. The first-order chi connectivity index (χ1) is 9.75. The number of nitrogens with zero attached hydrogens (tertiary/aromatic N) is 5. The molecule has 0 fully saturated rings. The van der Waals surface area contributed by atoms with Gasteiger partial charge in [0.15, 0.2) is 5.65 Å². The molecule has 20 heavy (non-hydrogen) atoms. The van der Waals surface area contributed by atoms with Crippen LogP contribution in [-0.2, 0) is 5.75 Å². The molecule has 0 saturated carbocycles. The van der Waals surface area contributed by atoms with E-state index in [1.807, 2.05) is 0 Å². The Balaban J connectivity index is 1.87. The number of carboxylic acids is 1. The Labute approximate surface area is 116 Å². The average Bonchev–Trinajstić information content (AvgIpc) is 2.94. The van der Waals surface area contributed by atoms with Crippen LogP contribution in [0.3, 0.4) is 0 Å². The smallest absolute Gasteiger partial charge is 0.339 e. The van der Waals surface area contributed by atoms with Gasteiger partial charge in [-0.3, -0.25) is 0 Å². The van der Waals surface area contributed by atoms with Gasteiger partial charge in [0.2, 0.25) is 0 Å². The second kappa shape index (κ2) is 5.21. The number of fused-ring (bicyclic) bond motifs is 1. The zero-order chi connectivity index (χ0) is 13.9. The van der Waals surface area contributed by atoms with E-state index in [1.54, 1.807) is 0 Å². The van der Waals surface area contributed by atoms with Crippen molar-refractivity contribution >= 4 is 28.9 Å². The van der Waals surface area contributed by atoms with Crippen LogP contribution in [0, 0.1) is 0 Å². The Morgan fingerprint density at radius 1 is 1.25 bits per heavy atom. The number of imidazole rings is 1. The molecule has 3 aromatic rings. The molecule has 0 bridgehead atoms. The number of hydrogen-bond acceptors (Lipinski definition) is 7. The molecule has 0 aliphatic heterocycles. The van der Waals surface area contributed by atoms with Gasteiger partial charge in [0.25, 0.3) is 0 Å². The fourth-order valence-electron chi connectivity index (χ4n) is 1.64. The van der Waals surface area contributed by atoms with Gasteiger partial charge in [-0.1, -0.05) is 11.8 Å². The third-order valence-electron chi connectivity index (χ3n) is 2.56. The van der Waals surface area contributed by atoms with E-state index >= 15 is 0 Å². The summed E-state index contributed by atoms with van der Waals surface area (Å²) in [6.07, 6.45) is 5.57. The molecule has 0 radical (unpaired) electrons. The molecule has 0 spiro atoms. The fourth-order valence-corrected chi connectivity index (χ4v) is 2.56. The molecular weight excluding hydrogens is 280 g/mol. The Morgan fingerprint density at radius 3 is 3.00 bits per heavy atom. The van der Waals surface area contributed by atoms with Crippen LogP contribution in [0.4, 0.5) is 0 Å². The van der Waals surface area contributed by atoms with Crippen LogP contribution in [0.15, 0.2) is 30.2 Å². The van der Waals surface area contributed by atoms with Gasteiger partial charge < -0.3 is 10.1 Å². The van der Waals surface area contributed by atoms with E-state index in [4.69, 9.17) is 5.11 Å². The van der Waals surface area contributed by atoms with Crippen LogP contribution in [0.5, 0.6) is 0 Å². The molecule has 100 valence electrons. The number of carboxylic acid groups (broad SMARTS) is 1. The summed E-state index contributed by atoms with van der Waals surface area (Å²) in [5.41, 5.74) is 1.84. The summed E-state index contributed by atoms with van der Waals surface area (Å²) in [6, 6.07) is 0. The lowest BCUT2D eigenvalue weighted by atomic mass is 10.2. The lowest BCUT2D eigenvalue weighted by Gasteiger charge is -2.04. The minimum absolute atomic E-state index is 0.0925. The summed E-state index contributed by atoms with van der Waals surface area (Å²) in [6.45, 7) is 0. The molecule has 0 saturated heterocycles. The maximum Gasteiger partial charge on any atom is 0.339 e. The molecule has 0 aliphatic rings. The second-order valence-electron chi connectivity index (χ2n) is 3.76. The molecule has 0 atom stereocenters. The van der Waals surface area contributed by atoms with Crippen molar-refractivity contribution in [1.82, 2.24) is 29.9 Å². The van der Waals surface area contributed by atoms with Gasteiger partial charge in [0.1, 0.15) is 28.8 Å². The van der Waals surface area contributed by atoms with Crippen LogP contribution in [-0.4, -0.2) is 41.0 Å². The molecule has 0 amide bonds. The van der Waals surface area contributed by atoms with E-state index in [0.717, 1.165) is 5.52 Å². The summed E-state index contributed by atoms with van der Waals surface area (Å²) in [5, 5.41) is 9.77. The minimum atomic E-state index is -1.05. The predicted octanol–water partition coefficient (Wildman–Crippen LogP) is 1.13. The van der Waals surface area contributed by atoms with Gasteiger partial charge in [-0.25, -0.2) is 29.7 Å². The van der Waals surface area contributed by atoms with Gasteiger partial charge in [-0.2, -0.15) is 0 Å². The summed E-state index contributed by atoms with van der Waals surface area (Å²) in [5.74, 6) is -0.675. The van der Waals surface area contributed by atoms with Crippen molar-refractivity contribution in [2.24, 2.45) is 0 Å². The third-order valence-corrected chi connectivity index (χ3v) is 3.56. The lowest BCUT2D eigenvalue weighted by Crippen LogP contribution is -2.04. The molecule has 3 aromatic heterocycles. The van der Waals surface area contributed by atoms with Crippen LogP contribution in [0.1, 0.15) is 16.1 Å². The van der Waals surface area contributed by atoms with Crippen molar-refractivity contribution < 1.29 is 9.90 Å². The van der Waals surface area contributed by atoms with E-state index in [1.165, 1.54) is 36.9 Å². The average molecular weight is 288 g/mol. The Hall–Kier alpha value is -2.55. The normalized spacial score (nSPS) is 10.8. The van der Waals surface area contributed by atoms with Crippen LogP contribution >= 0.6 is 11.8 Å². The number of carbonyl (C=O) groups is 1. The SMILES string of the molecule is O=C(O)c1cncnc1CSc1ncnc2nc[nH]c12. The van der Waals surface area contributed by atoms with Crippen molar-refractivity contribution in [2.75, 3.05) is 0 Å². The molecule has 0 unspecified atom stereocenters. The van der Waals surface area contributed by atoms with E-state index in [9.17, 15) is 4.79 Å². The maximum atomic E-state index is 11.1. The summed E-state index contributed by atoms with van der Waals surface area (Å²) < 4.78 is 0. The maximum absolute atomic E-state index is 11.1. The van der Waals surface area contributed by atoms with Gasteiger partial charge in [-0.05, 0) is 0 Å². The number of hydrogen-bond donors (Lipinski definition) is 2. The molecule has 8 nitrogen and oxygen atoms in total. The predicted molar refractivity (Wildman–Crippen MR) is 70.2 cm³/mol. The number of thioether (sulfide) groups is 1. The summed E-state index contributed by atoms with van der Waals surface area (Å²) >= 11 is 1.36. The number of nitrogens with one attached hydrogen (secondary N) is 1. The van der Waals surface area contributed by atoms with Crippen molar-refractivity contribution in [3.8, 4) is 0 Å². The summed E-state index contributed by atoms with van der Waals surface area (Å²) in [7, 11) is 0. The molecule has 0 aliphatic carbocycles. The molecule has 3 heterocycles. The quantitative estimate of drug-likeness (QED) is 0.542. The van der Waals surface area contributed by atoms with Crippen LogP contribution in [0.25, 0.3) is 11.2 Å². The minimum Gasteiger partial charge on any atom is -0.478 e. The van der Waals surface area contributed by atoms with Gasteiger partial charge in [-0.15, -0.1) is 0 Å². The highest BCUT2D eigenvalue weighted by Crippen LogP contribution is 2.25. The molecule has 3 rings (SSSR count). The molecule has 9 heteroatoms. The Kier molecular flexibility index (Phi) is 3.25. The Morgan fingerprint density at radius 2 is 2.15 bits per heavy atom. The first kappa shape index (κ1) is 12.5. The van der Waals surface area contributed by atoms with Gasteiger partial charge >= 0.3 is 5.97 Å². The van der Waals surface area contributed by atoms with Crippen molar-refractivity contribution in [3.05, 3.63) is 36.4 Å². The number of aromatic nitrogens is 6. The van der Waals surface area contributed by atoms with E-state index in [2.05, 4.69) is 29.9 Å². The first-order valence-corrected chi connectivity index (χ1v) is 6.53. The standard InChI is InChI=1S/C11H8N6O2S/c18-11(19)6-1-12-3-13-7(6)2-20-10-8-9(15-4-14-8)16-5-17-10/h1,3-5H,2H2,(H,18,19)(H,14,15,16,17). The molecular formula is C11H8N6O2S. The van der Waals surface area contributed by atoms with E-state index in [-0.39, 0.29) is 5.56 Å². The van der Waals surface area contributed by atoms with Gasteiger partial charge in [0.05, 0.1) is 12.0 Å². The lowest BCUT2D eigenvalue weighted by molar-refractivity contribution is 0.0695. The number of aromatic carboxylic acids is 1.